The summed E-state index contributed by atoms with van der Waals surface area (Å²) in [6.07, 6.45) is 0.422. The number of aliphatic hydroxyl groups is 2. The zero-order valence-electron chi connectivity index (χ0n) is 23.8. The highest BCUT2D eigenvalue weighted by Gasteiger charge is 2.49. The number of unbranched alkanes of at least 4 members (excludes halogenated alkanes) is 4. The molecule has 3 N–H and O–H groups in total. The van der Waals surface area contributed by atoms with E-state index < -0.39 is 65.8 Å². The number of halogens is 3. The van der Waals surface area contributed by atoms with Gasteiger partial charge in [-0.15, -0.1) is 6.58 Å². The quantitative estimate of drug-likeness (QED) is 0.0659. The van der Waals surface area contributed by atoms with Crippen molar-refractivity contribution < 1.29 is 43.5 Å². The van der Waals surface area contributed by atoms with E-state index in [1.807, 2.05) is 30.3 Å². The molecule has 0 saturated carbocycles. The number of rotatable bonds is 18. The van der Waals surface area contributed by atoms with E-state index in [0.717, 1.165) is 37.7 Å². The lowest BCUT2D eigenvalue weighted by Gasteiger charge is -2.43. The van der Waals surface area contributed by atoms with Crippen LogP contribution in [0.1, 0.15) is 57.4 Å². The van der Waals surface area contributed by atoms with Gasteiger partial charge in [0.15, 0.2) is 12.4 Å². The SMILES string of the molecule is C=CCO[13C@H]1O[C@H](CO)[C@@H](O)[C@H](OC(=O)C[C@@H](CCCCCCC)OCc2ccccc2)[C@H]1NC(=O)OCC(Cl)(Cl)Cl. The first-order valence-electron chi connectivity index (χ1n) is 14.1. The van der Waals surface area contributed by atoms with Crippen LogP contribution in [0.15, 0.2) is 43.0 Å². The molecular formula is C29H42Cl3NO9. The van der Waals surface area contributed by atoms with Crippen molar-refractivity contribution in [2.45, 2.75) is 99.0 Å². The summed E-state index contributed by atoms with van der Waals surface area (Å²) in [5, 5.41) is 23.2. The molecular weight excluding hydrogens is 614 g/mol. The minimum absolute atomic E-state index is 0.00557. The second-order valence-corrected chi connectivity index (χ2v) is 12.5. The fraction of sp³-hybridized carbons (Fsp3) is 0.655. The average Bonchev–Trinajstić information content (AvgIpc) is 2.96. The van der Waals surface area contributed by atoms with Crippen LogP contribution in [-0.4, -0.2) is 82.6 Å². The molecule has 1 saturated heterocycles. The molecule has 1 amide bonds. The van der Waals surface area contributed by atoms with Crippen LogP contribution in [0.3, 0.4) is 0 Å². The van der Waals surface area contributed by atoms with Gasteiger partial charge in [-0.3, -0.25) is 4.79 Å². The molecule has 1 heterocycles. The van der Waals surface area contributed by atoms with Crippen molar-refractivity contribution in [1.82, 2.24) is 5.32 Å². The number of carbonyl (C=O) groups excluding carboxylic acids is 2. The van der Waals surface area contributed by atoms with Gasteiger partial charge in [0.2, 0.25) is 3.79 Å². The van der Waals surface area contributed by atoms with Crippen LogP contribution in [0.4, 0.5) is 4.79 Å². The zero-order chi connectivity index (χ0) is 31.0. The van der Waals surface area contributed by atoms with Crippen LogP contribution < -0.4 is 5.32 Å². The molecule has 1 fully saturated rings. The highest BCUT2D eigenvalue weighted by atomic mass is 35.6. The maximum absolute atomic E-state index is 13.2. The van der Waals surface area contributed by atoms with Gasteiger partial charge in [0.1, 0.15) is 24.9 Å². The maximum atomic E-state index is 13.2. The first-order valence-corrected chi connectivity index (χ1v) is 15.2. The lowest BCUT2D eigenvalue weighted by Crippen LogP contribution is -2.66. The van der Waals surface area contributed by atoms with Crippen LogP contribution in [-0.2, 0) is 35.1 Å². The summed E-state index contributed by atoms with van der Waals surface area (Å²) in [7, 11) is 0. The third kappa shape index (κ3) is 13.8. The molecule has 1 aliphatic heterocycles. The van der Waals surface area contributed by atoms with Gasteiger partial charge in [-0.05, 0) is 12.0 Å². The maximum Gasteiger partial charge on any atom is 0.407 e. The summed E-state index contributed by atoms with van der Waals surface area (Å²) in [4.78, 5) is 25.8. The minimum Gasteiger partial charge on any atom is -0.457 e. The number of ether oxygens (including phenoxy) is 5. The number of alkyl halides is 3. The topological polar surface area (TPSA) is 133 Å². The van der Waals surface area contributed by atoms with Gasteiger partial charge in [0.05, 0.1) is 32.3 Å². The summed E-state index contributed by atoms with van der Waals surface area (Å²) in [6.45, 7) is 4.87. The molecule has 238 valence electrons. The van der Waals surface area contributed by atoms with Crippen LogP contribution in [0, 0.1) is 0 Å². The fourth-order valence-corrected chi connectivity index (χ4v) is 4.55. The largest absolute Gasteiger partial charge is 0.457 e. The van der Waals surface area contributed by atoms with E-state index in [1.54, 1.807) is 0 Å². The summed E-state index contributed by atoms with van der Waals surface area (Å²) < 4.78 is 26.2. The molecule has 6 atom stereocenters. The zero-order valence-corrected chi connectivity index (χ0v) is 26.1. The van der Waals surface area contributed by atoms with E-state index in [2.05, 4.69) is 18.8 Å². The summed E-state index contributed by atoms with van der Waals surface area (Å²) >= 11 is 17.0. The number of aliphatic hydroxyl groups excluding tert-OH is 2. The van der Waals surface area contributed by atoms with Gasteiger partial charge in [0.25, 0.3) is 0 Å². The smallest absolute Gasteiger partial charge is 0.407 e. The van der Waals surface area contributed by atoms with E-state index >= 15 is 0 Å². The van der Waals surface area contributed by atoms with Gasteiger partial charge >= 0.3 is 12.1 Å². The Morgan fingerprint density at radius 3 is 2.52 bits per heavy atom. The van der Waals surface area contributed by atoms with E-state index in [9.17, 15) is 19.8 Å². The van der Waals surface area contributed by atoms with Gasteiger partial charge in [-0.25, -0.2) is 4.79 Å². The van der Waals surface area contributed by atoms with Crippen molar-refractivity contribution in [3.63, 3.8) is 0 Å². The Morgan fingerprint density at radius 2 is 1.88 bits per heavy atom. The van der Waals surface area contributed by atoms with E-state index in [4.69, 9.17) is 58.5 Å². The van der Waals surface area contributed by atoms with Crippen LogP contribution in [0.25, 0.3) is 0 Å². The lowest BCUT2D eigenvalue weighted by atomic mass is 10.0. The van der Waals surface area contributed by atoms with E-state index in [0.29, 0.717) is 13.0 Å². The summed E-state index contributed by atoms with van der Waals surface area (Å²) in [5.41, 5.74) is 0.965. The van der Waals surface area contributed by atoms with E-state index in [1.165, 1.54) is 6.08 Å². The third-order valence-corrected chi connectivity index (χ3v) is 6.83. The molecule has 1 aromatic rings. The van der Waals surface area contributed by atoms with E-state index in [-0.39, 0.29) is 13.0 Å². The molecule has 0 radical (unpaired) electrons. The highest BCUT2D eigenvalue weighted by Crippen LogP contribution is 2.28. The number of hydrogen-bond donors (Lipinski definition) is 3. The summed E-state index contributed by atoms with van der Waals surface area (Å²) in [5.74, 6) is -0.673. The van der Waals surface area contributed by atoms with Crippen LogP contribution >= 0.6 is 34.8 Å². The molecule has 42 heavy (non-hydrogen) atoms. The Balaban J connectivity index is 2.16. The number of carbonyl (C=O) groups is 2. The highest BCUT2D eigenvalue weighted by molar-refractivity contribution is 6.67. The third-order valence-electron chi connectivity index (χ3n) is 6.50. The van der Waals surface area contributed by atoms with Gasteiger partial charge < -0.3 is 39.2 Å². The molecule has 2 rings (SSSR count). The van der Waals surface area contributed by atoms with Crippen molar-refractivity contribution >= 4 is 46.9 Å². The molecule has 0 aliphatic carbocycles. The van der Waals surface area contributed by atoms with Crippen molar-refractivity contribution in [1.29, 1.82) is 0 Å². The Kier molecular flexibility index (Phi) is 17.1. The van der Waals surface area contributed by atoms with Crippen molar-refractivity contribution in [3.8, 4) is 0 Å². The van der Waals surface area contributed by atoms with Crippen molar-refractivity contribution in [2.75, 3.05) is 19.8 Å². The van der Waals surface area contributed by atoms with Gasteiger partial charge in [-0.1, -0.05) is 110 Å². The molecule has 0 bridgehead atoms. The second-order valence-electron chi connectivity index (χ2n) is 9.98. The molecule has 0 spiro atoms. The first kappa shape index (κ1) is 36.6. The standard InChI is InChI=1S/C29H42Cl3NO9/c1-3-5-6-7-11-14-21(39-18-20-12-9-8-10-13-20)16-23(35)42-26-24(33-28(37)40-19-29(30,31)32)27(38-15-4-2)41-22(17-34)25(26)36/h4,8-10,12-13,21-22,24-27,34,36H,2-3,5-7,11,14-19H2,1H3,(H,33,37)/t21-,22-,24-,25-,26-,27+/m1/s1/i27+1. The molecule has 1 aromatic carbocycles. The first-order chi connectivity index (χ1) is 20.1. The Morgan fingerprint density at radius 1 is 1.17 bits per heavy atom. The minimum atomic E-state index is -1.86. The molecule has 0 unspecified atom stereocenters. The lowest BCUT2D eigenvalue weighted by molar-refractivity contribution is -0.270. The molecule has 10 nitrogen and oxygen atoms in total. The van der Waals surface area contributed by atoms with Crippen molar-refractivity contribution in [2.24, 2.45) is 0 Å². The molecule has 1 aliphatic rings. The Bertz CT molecular complexity index is 935. The van der Waals surface area contributed by atoms with Gasteiger partial charge in [-0.2, -0.15) is 0 Å². The molecule has 13 heteroatoms. The Labute approximate surface area is 262 Å². The number of alkyl carbamates (subject to hydrolysis) is 1. The number of hydrogen-bond acceptors (Lipinski definition) is 9. The summed E-state index contributed by atoms with van der Waals surface area (Å²) in [6, 6.07) is 8.36. The van der Waals surface area contributed by atoms with Crippen LogP contribution in [0.5, 0.6) is 0 Å². The number of nitrogens with one attached hydrogen (secondary N) is 1. The predicted molar refractivity (Wildman–Crippen MR) is 159 cm³/mol. The van der Waals surface area contributed by atoms with Crippen LogP contribution in [0.2, 0.25) is 0 Å². The monoisotopic (exact) mass is 654 g/mol. The predicted octanol–water partition coefficient (Wildman–Crippen LogP) is 4.98. The number of benzene rings is 1. The normalized spacial score (nSPS) is 23.1. The Hall–Kier alpha value is -1.63. The van der Waals surface area contributed by atoms with Crippen molar-refractivity contribution in [3.05, 3.63) is 48.6 Å². The second kappa shape index (κ2) is 19.6. The average molecular weight is 656 g/mol. The number of amides is 1. The van der Waals surface area contributed by atoms with Gasteiger partial charge in [0, 0.05) is 0 Å². The molecule has 0 aromatic heterocycles. The fourth-order valence-electron chi connectivity index (χ4n) is 4.39. The number of esters is 1.